The SMILES string of the molecule is CCNC(=O)C(C)Nc1nccc2occc12. The Bertz CT molecular complexity index is 521. The smallest absolute Gasteiger partial charge is 0.242 e. The highest BCUT2D eigenvalue weighted by molar-refractivity contribution is 5.91. The number of carbonyl (C=O) groups excluding carboxylic acids is 1. The lowest BCUT2D eigenvalue weighted by Gasteiger charge is -2.14. The third-order valence-corrected chi connectivity index (χ3v) is 2.48. The molecule has 0 saturated heterocycles. The molecular formula is C12H15N3O2. The van der Waals surface area contributed by atoms with Crippen LogP contribution in [0, 0.1) is 0 Å². The Morgan fingerprint density at radius 3 is 3.12 bits per heavy atom. The van der Waals surface area contributed by atoms with Gasteiger partial charge in [0, 0.05) is 12.7 Å². The molecule has 2 N–H and O–H groups in total. The molecule has 90 valence electrons. The van der Waals surface area contributed by atoms with Crippen molar-refractivity contribution in [1.82, 2.24) is 10.3 Å². The number of nitrogens with zero attached hydrogens (tertiary/aromatic N) is 1. The van der Waals surface area contributed by atoms with Crippen molar-refractivity contribution in [3.63, 3.8) is 0 Å². The average Bonchev–Trinajstić information content (AvgIpc) is 2.78. The molecule has 1 amide bonds. The van der Waals surface area contributed by atoms with Crippen molar-refractivity contribution in [2.24, 2.45) is 0 Å². The van der Waals surface area contributed by atoms with Crippen molar-refractivity contribution in [2.45, 2.75) is 19.9 Å². The van der Waals surface area contributed by atoms with Gasteiger partial charge in [0.15, 0.2) is 0 Å². The van der Waals surface area contributed by atoms with E-state index in [1.807, 2.05) is 13.0 Å². The number of anilines is 1. The third-order valence-electron chi connectivity index (χ3n) is 2.48. The molecule has 0 aromatic carbocycles. The molecule has 0 aliphatic rings. The number of pyridine rings is 1. The van der Waals surface area contributed by atoms with Crippen molar-refractivity contribution >= 4 is 22.7 Å². The lowest BCUT2D eigenvalue weighted by molar-refractivity contribution is -0.121. The number of furan rings is 1. The zero-order valence-electron chi connectivity index (χ0n) is 9.86. The lowest BCUT2D eigenvalue weighted by atomic mass is 10.2. The van der Waals surface area contributed by atoms with Crippen molar-refractivity contribution in [2.75, 3.05) is 11.9 Å². The van der Waals surface area contributed by atoms with E-state index in [-0.39, 0.29) is 11.9 Å². The highest BCUT2D eigenvalue weighted by Crippen LogP contribution is 2.22. The number of fused-ring (bicyclic) bond motifs is 1. The fourth-order valence-corrected chi connectivity index (χ4v) is 1.61. The zero-order valence-corrected chi connectivity index (χ0v) is 9.86. The van der Waals surface area contributed by atoms with E-state index in [1.165, 1.54) is 0 Å². The van der Waals surface area contributed by atoms with E-state index in [0.717, 1.165) is 11.0 Å². The molecular weight excluding hydrogens is 218 g/mol. The standard InChI is InChI=1S/C12H15N3O2/c1-3-13-12(16)8(2)15-11-9-5-7-17-10(9)4-6-14-11/h4-8H,3H2,1-2H3,(H,13,16)(H,14,15). The van der Waals surface area contributed by atoms with Gasteiger partial charge in [-0.25, -0.2) is 4.98 Å². The molecule has 0 aliphatic carbocycles. The fraction of sp³-hybridized carbons (Fsp3) is 0.333. The van der Waals surface area contributed by atoms with E-state index in [9.17, 15) is 4.79 Å². The number of aromatic nitrogens is 1. The minimum atomic E-state index is -0.331. The summed E-state index contributed by atoms with van der Waals surface area (Å²) in [6.07, 6.45) is 3.26. The molecule has 1 atom stereocenters. The molecule has 2 heterocycles. The van der Waals surface area contributed by atoms with Crippen LogP contribution in [-0.2, 0) is 4.79 Å². The number of amides is 1. The summed E-state index contributed by atoms with van der Waals surface area (Å²) < 4.78 is 5.27. The summed E-state index contributed by atoms with van der Waals surface area (Å²) in [7, 11) is 0. The first kappa shape index (κ1) is 11.4. The number of likely N-dealkylation sites (N-methyl/N-ethyl adjacent to an activating group) is 1. The largest absolute Gasteiger partial charge is 0.464 e. The van der Waals surface area contributed by atoms with Crippen LogP contribution in [-0.4, -0.2) is 23.5 Å². The predicted octanol–water partition coefficient (Wildman–Crippen LogP) is 1.76. The normalized spacial score (nSPS) is 12.4. The van der Waals surface area contributed by atoms with Crippen LogP contribution in [0.3, 0.4) is 0 Å². The van der Waals surface area contributed by atoms with Gasteiger partial charge in [-0.2, -0.15) is 0 Å². The van der Waals surface area contributed by atoms with Gasteiger partial charge in [0.1, 0.15) is 17.4 Å². The van der Waals surface area contributed by atoms with Crippen LogP contribution in [0.4, 0.5) is 5.82 Å². The van der Waals surface area contributed by atoms with Crippen LogP contribution >= 0.6 is 0 Å². The maximum Gasteiger partial charge on any atom is 0.242 e. The summed E-state index contributed by atoms with van der Waals surface area (Å²) in [5, 5.41) is 6.71. The first-order chi connectivity index (χ1) is 8.22. The van der Waals surface area contributed by atoms with E-state index in [2.05, 4.69) is 15.6 Å². The third kappa shape index (κ3) is 2.38. The van der Waals surface area contributed by atoms with Gasteiger partial charge >= 0.3 is 0 Å². The van der Waals surface area contributed by atoms with Crippen LogP contribution in [0.15, 0.2) is 29.0 Å². The number of carbonyl (C=O) groups is 1. The molecule has 2 aromatic heterocycles. The Morgan fingerprint density at radius 1 is 1.53 bits per heavy atom. The molecule has 0 bridgehead atoms. The van der Waals surface area contributed by atoms with Crippen molar-refractivity contribution < 1.29 is 9.21 Å². The van der Waals surface area contributed by atoms with Crippen molar-refractivity contribution in [1.29, 1.82) is 0 Å². The minimum Gasteiger partial charge on any atom is -0.464 e. The van der Waals surface area contributed by atoms with Gasteiger partial charge in [-0.15, -0.1) is 0 Å². The summed E-state index contributed by atoms with van der Waals surface area (Å²) in [5.74, 6) is 0.616. The van der Waals surface area contributed by atoms with Gasteiger partial charge in [0.05, 0.1) is 11.6 Å². The fourth-order valence-electron chi connectivity index (χ4n) is 1.61. The van der Waals surface area contributed by atoms with E-state index in [0.29, 0.717) is 12.4 Å². The minimum absolute atomic E-state index is 0.0465. The second-order valence-corrected chi connectivity index (χ2v) is 3.75. The first-order valence-electron chi connectivity index (χ1n) is 5.59. The first-order valence-corrected chi connectivity index (χ1v) is 5.59. The van der Waals surface area contributed by atoms with E-state index in [1.54, 1.807) is 25.5 Å². The van der Waals surface area contributed by atoms with Crippen molar-refractivity contribution in [3.8, 4) is 0 Å². The maximum absolute atomic E-state index is 11.6. The summed E-state index contributed by atoms with van der Waals surface area (Å²) in [6, 6.07) is 3.29. The summed E-state index contributed by atoms with van der Waals surface area (Å²) in [6.45, 7) is 4.31. The van der Waals surface area contributed by atoms with E-state index in [4.69, 9.17) is 4.42 Å². The molecule has 0 fully saturated rings. The van der Waals surface area contributed by atoms with Gasteiger partial charge in [-0.1, -0.05) is 0 Å². The Labute approximate surface area is 99.2 Å². The summed E-state index contributed by atoms with van der Waals surface area (Å²) in [5.41, 5.74) is 0.755. The van der Waals surface area contributed by atoms with Crippen LogP contribution < -0.4 is 10.6 Å². The quantitative estimate of drug-likeness (QED) is 0.844. The molecule has 0 saturated carbocycles. The monoisotopic (exact) mass is 233 g/mol. The van der Waals surface area contributed by atoms with Gasteiger partial charge in [0.25, 0.3) is 0 Å². The number of rotatable bonds is 4. The van der Waals surface area contributed by atoms with Gasteiger partial charge in [-0.3, -0.25) is 4.79 Å². The molecule has 2 aromatic rings. The Hall–Kier alpha value is -2.04. The topological polar surface area (TPSA) is 67.2 Å². The second-order valence-electron chi connectivity index (χ2n) is 3.75. The molecule has 5 nitrogen and oxygen atoms in total. The number of hydrogen-bond donors (Lipinski definition) is 2. The van der Waals surface area contributed by atoms with Gasteiger partial charge < -0.3 is 15.1 Å². The van der Waals surface area contributed by atoms with Crippen LogP contribution in [0.5, 0.6) is 0 Å². The zero-order chi connectivity index (χ0) is 12.3. The van der Waals surface area contributed by atoms with Gasteiger partial charge in [-0.05, 0) is 26.0 Å². The molecule has 2 rings (SSSR count). The average molecular weight is 233 g/mol. The second kappa shape index (κ2) is 4.86. The van der Waals surface area contributed by atoms with Crippen molar-refractivity contribution in [3.05, 3.63) is 24.6 Å². The molecule has 1 unspecified atom stereocenters. The molecule has 0 spiro atoms. The predicted molar refractivity (Wildman–Crippen MR) is 65.8 cm³/mol. The Kier molecular flexibility index (Phi) is 3.27. The van der Waals surface area contributed by atoms with E-state index >= 15 is 0 Å². The highest BCUT2D eigenvalue weighted by Gasteiger charge is 2.13. The summed E-state index contributed by atoms with van der Waals surface area (Å²) >= 11 is 0. The van der Waals surface area contributed by atoms with Crippen LogP contribution in [0.1, 0.15) is 13.8 Å². The molecule has 0 aliphatic heterocycles. The number of nitrogens with one attached hydrogen (secondary N) is 2. The maximum atomic E-state index is 11.6. The molecule has 0 radical (unpaired) electrons. The lowest BCUT2D eigenvalue weighted by Crippen LogP contribution is -2.37. The highest BCUT2D eigenvalue weighted by atomic mass is 16.3. The Morgan fingerprint density at radius 2 is 2.35 bits per heavy atom. The Balaban J connectivity index is 2.18. The van der Waals surface area contributed by atoms with Gasteiger partial charge in [0.2, 0.25) is 5.91 Å². The van der Waals surface area contributed by atoms with E-state index < -0.39 is 0 Å². The molecule has 17 heavy (non-hydrogen) atoms. The molecule has 5 heteroatoms. The number of hydrogen-bond acceptors (Lipinski definition) is 4. The van der Waals surface area contributed by atoms with Crippen LogP contribution in [0.2, 0.25) is 0 Å². The van der Waals surface area contributed by atoms with Crippen LogP contribution in [0.25, 0.3) is 11.0 Å². The summed E-state index contributed by atoms with van der Waals surface area (Å²) in [4.78, 5) is 15.8.